The minimum Gasteiger partial charge on any atom is -0.445 e. The van der Waals surface area contributed by atoms with Crippen molar-refractivity contribution >= 4 is 6.09 Å². The number of piperidine rings is 1. The van der Waals surface area contributed by atoms with Crippen molar-refractivity contribution in [2.75, 3.05) is 32.8 Å². The number of hydrogen-bond acceptors (Lipinski definition) is 4. The summed E-state index contributed by atoms with van der Waals surface area (Å²) in [7, 11) is 0. The second kappa shape index (κ2) is 10.6. The minimum atomic E-state index is -0.281. The van der Waals surface area contributed by atoms with E-state index in [1.807, 2.05) is 29.2 Å². The van der Waals surface area contributed by atoms with Crippen LogP contribution in [0, 0.1) is 12.3 Å². The van der Waals surface area contributed by atoms with E-state index in [-0.39, 0.29) is 25.3 Å². The Kier molecular flexibility index (Phi) is 8.20. The van der Waals surface area contributed by atoms with E-state index in [9.17, 15) is 9.90 Å². The van der Waals surface area contributed by atoms with Gasteiger partial charge in [0, 0.05) is 37.8 Å². The van der Waals surface area contributed by atoms with Crippen molar-refractivity contribution in [3.8, 4) is 12.3 Å². The van der Waals surface area contributed by atoms with Crippen LogP contribution >= 0.6 is 0 Å². The second-order valence-electron chi connectivity index (χ2n) is 6.51. The first-order chi connectivity index (χ1) is 12.7. The first kappa shape index (κ1) is 20.0. The zero-order valence-electron chi connectivity index (χ0n) is 15.3. The zero-order chi connectivity index (χ0) is 18.8. The molecule has 1 fully saturated rings. The maximum Gasteiger partial charge on any atom is 0.410 e. The van der Waals surface area contributed by atoms with E-state index in [0.717, 1.165) is 30.4 Å². The molecule has 0 radical (unpaired) electrons. The fourth-order valence-electron chi connectivity index (χ4n) is 3.28. The number of carbonyl (C=O) groups is 1. The van der Waals surface area contributed by atoms with Crippen molar-refractivity contribution < 1.29 is 14.6 Å². The van der Waals surface area contributed by atoms with Crippen LogP contribution < -0.4 is 0 Å². The number of likely N-dealkylation sites (tertiary alicyclic amines) is 1. The summed E-state index contributed by atoms with van der Waals surface area (Å²) in [5, 5.41) is 9.43. The van der Waals surface area contributed by atoms with Crippen LogP contribution in [0.5, 0.6) is 0 Å². The Labute approximate surface area is 156 Å². The molecule has 1 aliphatic rings. The molecule has 1 unspecified atom stereocenters. The largest absolute Gasteiger partial charge is 0.445 e. The minimum absolute atomic E-state index is 0.0794. The predicted octanol–water partition coefficient (Wildman–Crippen LogP) is 2.64. The number of benzene rings is 1. The van der Waals surface area contributed by atoms with Gasteiger partial charge in [-0.15, -0.1) is 6.42 Å². The highest BCUT2D eigenvalue weighted by molar-refractivity contribution is 5.68. The maximum absolute atomic E-state index is 12.3. The summed E-state index contributed by atoms with van der Waals surface area (Å²) in [6.07, 6.45) is 9.74. The van der Waals surface area contributed by atoms with Gasteiger partial charge in [0.05, 0.1) is 6.61 Å². The number of rotatable bonds is 8. The van der Waals surface area contributed by atoms with Crippen LogP contribution in [-0.4, -0.2) is 59.9 Å². The molecule has 0 aromatic heterocycles. The first-order valence-electron chi connectivity index (χ1n) is 9.11. The molecular formula is C21H28N2O3. The molecule has 1 N–H and O–H groups in total. The summed E-state index contributed by atoms with van der Waals surface area (Å²) in [6.45, 7) is 6.58. The Bertz CT molecular complexity index is 621. The smallest absolute Gasteiger partial charge is 0.410 e. The Balaban J connectivity index is 2.01. The molecule has 1 aliphatic heterocycles. The normalized spacial score (nSPS) is 17.0. The van der Waals surface area contributed by atoms with E-state index in [1.54, 1.807) is 6.08 Å². The first-order valence-corrected chi connectivity index (χ1v) is 9.11. The van der Waals surface area contributed by atoms with Crippen molar-refractivity contribution in [1.29, 1.82) is 0 Å². The fourth-order valence-corrected chi connectivity index (χ4v) is 3.28. The Morgan fingerprint density at radius 2 is 2.19 bits per heavy atom. The lowest BCUT2D eigenvalue weighted by Gasteiger charge is -2.38. The summed E-state index contributed by atoms with van der Waals surface area (Å²) in [5.41, 5.74) is 1.99. The molecule has 0 bridgehead atoms. The molecule has 5 nitrogen and oxygen atoms in total. The molecule has 1 aromatic rings. The Hall–Kier alpha value is -2.29. The number of nitrogens with zero attached hydrogens (tertiary/aromatic N) is 2. The maximum atomic E-state index is 12.3. The van der Waals surface area contributed by atoms with E-state index in [2.05, 4.69) is 17.4 Å². The van der Waals surface area contributed by atoms with Crippen LogP contribution in [0.1, 0.15) is 30.4 Å². The van der Waals surface area contributed by atoms with E-state index in [0.29, 0.717) is 26.2 Å². The quantitative estimate of drug-likeness (QED) is 0.575. The summed E-state index contributed by atoms with van der Waals surface area (Å²) in [6, 6.07) is 7.96. The van der Waals surface area contributed by atoms with E-state index in [4.69, 9.17) is 11.2 Å². The van der Waals surface area contributed by atoms with Crippen molar-refractivity contribution in [3.05, 3.63) is 48.0 Å². The third kappa shape index (κ3) is 5.91. The molecule has 1 amide bonds. The molecule has 1 atom stereocenters. The number of hydrogen-bond donors (Lipinski definition) is 1. The van der Waals surface area contributed by atoms with Gasteiger partial charge in [0.15, 0.2) is 0 Å². The number of carbonyl (C=O) groups excluding carboxylic acids is 1. The van der Waals surface area contributed by atoms with Crippen LogP contribution in [0.3, 0.4) is 0 Å². The molecular weight excluding hydrogens is 328 g/mol. The van der Waals surface area contributed by atoms with E-state index < -0.39 is 0 Å². The van der Waals surface area contributed by atoms with Gasteiger partial charge in [-0.2, -0.15) is 0 Å². The van der Waals surface area contributed by atoms with Crippen LogP contribution in [0.25, 0.3) is 0 Å². The molecule has 26 heavy (non-hydrogen) atoms. The summed E-state index contributed by atoms with van der Waals surface area (Å²) < 4.78 is 5.23. The average Bonchev–Trinajstić information content (AvgIpc) is 2.67. The van der Waals surface area contributed by atoms with Gasteiger partial charge in [-0.05, 0) is 37.0 Å². The van der Waals surface area contributed by atoms with Crippen LogP contribution in [0.15, 0.2) is 36.9 Å². The fraction of sp³-hybridized carbons (Fsp3) is 0.476. The summed E-state index contributed by atoms with van der Waals surface area (Å²) in [5.74, 6) is 2.61. The lowest BCUT2D eigenvalue weighted by atomic mass is 10.0. The number of aliphatic hydroxyl groups excluding tert-OH is 1. The van der Waals surface area contributed by atoms with E-state index in [1.165, 1.54) is 0 Å². The molecule has 5 heteroatoms. The van der Waals surface area contributed by atoms with Gasteiger partial charge < -0.3 is 14.7 Å². The molecule has 2 rings (SSSR count). The average molecular weight is 356 g/mol. The van der Waals surface area contributed by atoms with E-state index >= 15 is 0 Å². The topological polar surface area (TPSA) is 53.0 Å². The predicted molar refractivity (Wildman–Crippen MR) is 103 cm³/mol. The highest BCUT2D eigenvalue weighted by atomic mass is 16.6. The standard InChI is InChI=1S/C21H28N2O3/c1-3-15-26-21(25)23-12-6-5-7-20(23)17-22(13-14-24)16-19-10-8-18(4-2)9-11-19/h2-3,8-11,20,24H,1,5-7,12-17H2. The van der Waals surface area contributed by atoms with Gasteiger partial charge in [-0.3, -0.25) is 4.90 Å². The molecule has 0 spiro atoms. The summed E-state index contributed by atoms with van der Waals surface area (Å²) in [4.78, 5) is 16.3. The number of aliphatic hydroxyl groups is 1. The van der Waals surface area contributed by atoms with Crippen molar-refractivity contribution in [1.82, 2.24) is 9.80 Å². The number of amides is 1. The second-order valence-corrected chi connectivity index (χ2v) is 6.51. The van der Waals surface area contributed by atoms with Crippen molar-refractivity contribution in [3.63, 3.8) is 0 Å². The zero-order valence-corrected chi connectivity index (χ0v) is 15.3. The van der Waals surface area contributed by atoms with Gasteiger partial charge in [0.1, 0.15) is 6.61 Å². The van der Waals surface area contributed by atoms with Crippen molar-refractivity contribution in [2.24, 2.45) is 0 Å². The highest BCUT2D eigenvalue weighted by Crippen LogP contribution is 2.20. The monoisotopic (exact) mass is 356 g/mol. The molecule has 0 saturated carbocycles. The molecule has 1 saturated heterocycles. The van der Waals surface area contributed by atoms with Crippen LogP contribution in [0.2, 0.25) is 0 Å². The highest BCUT2D eigenvalue weighted by Gasteiger charge is 2.29. The summed E-state index contributed by atoms with van der Waals surface area (Å²) >= 11 is 0. The number of ether oxygens (including phenoxy) is 1. The lowest BCUT2D eigenvalue weighted by Crippen LogP contribution is -2.50. The molecule has 1 heterocycles. The van der Waals surface area contributed by atoms with Crippen LogP contribution in [-0.2, 0) is 11.3 Å². The third-order valence-electron chi connectivity index (χ3n) is 4.60. The van der Waals surface area contributed by atoms with Gasteiger partial charge in [-0.1, -0.05) is 30.7 Å². The third-order valence-corrected chi connectivity index (χ3v) is 4.60. The Morgan fingerprint density at radius 1 is 1.42 bits per heavy atom. The molecule has 0 aliphatic carbocycles. The van der Waals surface area contributed by atoms with Gasteiger partial charge in [0.2, 0.25) is 0 Å². The molecule has 140 valence electrons. The van der Waals surface area contributed by atoms with Gasteiger partial charge >= 0.3 is 6.09 Å². The van der Waals surface area contributed by atoms with Gasteiger partial charge in [-0.25, -0.2) is 4.79 Å². The SMILES string of the molecule is C#Cc1ccc(CN(CCO)CC2CCCCN2C(=O)OCC=C)cc1. The number of terminal acetylenes is 1. The Morgan fingerprint density at radius 3 is 2.85 bits per heavy atom. The lowest BCUT2D eigenvalue weighted by molar-refractivity contribution is 0.0623. The van der Waals surface area contributed by atoms with Crippen LogP contribution in [0.4, 0.5) is 4.79 Å². The van der Waals surface area contributed by atoms with Gasteiger partial charge in [0.25, 0.3) is 0 Å². The molecule has 1 aromatic carbocycles. The van der Waals surface area contributed by atoms with Crippen molar-refractivity contribution in [2.45, 2.75) is 31.8 Å².